The van der Waals surface area contributed by atoms with E-state index < -0.39 is 18.4 Å². The molecule has 1 aliphatic carbocycles. The maximum atomic E-state index is 12.4. The summed E-state index contributed by atoms with van der Waals surface area (Å²) in [6.45, 7) is 0.131. The van der Waals surface area contributed by atoms with Gasteiger partial charge >= 0.3 is 12.3 Å². The molecular formula is C20H20F3NO6S. The fraction of sp³-hybridized carbons (Fsp3) is 0.500. The largest absolute Gasteiger partial charge is 0.573 e. The number of alkyl halides is 3. The number of halogens is 3. The second-order valence-corrected chi connectivity index (χ2v) is 8.47. The van der Waals surface area contributed by atoms with Crippen LogP contribution in [0.3, 0.4) is 0 Å². The molecule has 2 fully saturated rings. The fourth-order valence-electron chi connectivity index (χ4n) is 4.23. The average Bonchev–Trinajstić information content (AvgIpc) is 3.29. The van der Waals surface area contributed by atoms with E-state index in [0.717, 1.165) is 12.5 Å². The molecule has 0 unspecified atom stereocenters. The number of aromatic nitrogens is 1. The van der Waals surface area contributed by atoms with Gasteiger partial charge in [0.15, 0.2) is 5.69 Å². The van der Waals surface area contributed by atoms with Gasteiger partial charge in [-0.1, -0.05) is 6.07 Å². The summed E-state index contributed by atoms with van der Waals surface area (Å²) in [7, 11) is 0. The zero-order valence-corrected chi connectivity index (χ0v) is 16.9. The van der Waals surface area contributed by atoms with Crippen molar-refractivity contribution < 1.29 is 42.4 Å². The van der Waals surface area contributed by atoms with Crippen LogP contribution in [-0.4, -0.2) is 46.3 Å². The molecule has 11 heteroatoms. The van der Waals surface area contributed by atoms with Gasteiger partial charge in [0.25, 0.3) is 0 Å². The number of aliphatic hydroxyl groups is 1. The summed E-state index contributed by atoms with van der Waals surface area (Å²) >= 11 is 1.24. The van der Waals surface area contributed by atoms with Gasteiger partial charge in [0.1, 0.15) is 22.6 Å². The standard InChI is InChI=1S/C20H20F3NO6S/c21-20(22,23)30-11-3-1-2-10(6-11)28-8-13-12-4-5-16(29-17(12)7-15(13)25)18-24-14(9-31-18)19(26)27/h1-3,6,9,12-13,15-17,25H,4-5,7-8H2,(H,26,27)/t12-,13+,15-,16-,17+/m1/s1. The SMILES string of the molecule is O=C(O)c1csc([C@H]2CC[C@@H]3[C@H](COc4cccc(OC(F)(F)F)c4)[C@H](O)C[C@@H]3O2)n1. The number of thiazole rings is 1. The number of carbonyl (C=O) groups is 1. The van der Waals surface area contributed by atoms with Crippen molar-refractivity contribution in [1.82, 2.24) is 4.98 Å². The summed E-state index contributed by atoms with van der Waals surface area (Å²) in [5.74, 6) is -1.45. The lowest BCUT2D eigenvalue weighted by atomic mass is 9.87. The maximum absolute atomic E-state index is 12.4. The molecule has 2 aromatic rings. The first kappa shape index (κ1) is 21.8. The van der Waals surface area contributed by atoms with Crippen LogP contribution in [0.5, 0.6) is 11.5 Å². The molecule has 2 aliphatic rings. The van der Waals surface area contributed by atoms with Gasteiger partial charge in [-0.05, 0) is 30.9 Å². The zero-order valence-electron chi connectivity index (χ0n) is 16.1. The van der Waals surface area contributed by atoms with Crippen molar-refractivity contribution in [1.29, 1.82) is 0 Å². The molecule has 0 bridgehead atoms. The first-order valence-electron chi connectivity index (χ1n) is 9.70. The van der Waals surface area contributed by atoms with E-state index in [4.69, 9.17) is 14.6 Å². The minimum absolute atomic E-state index is 0.0137. The molecule has 2 N–H and O–H groups in total. The highest BCUT2D eigenvalue weighted by Crippen LogP contribution is 2.46. The molecule has 0 amide bonds. The topological polar surface area (TPSA) is 98.1 Å². The van der Waals surface area contributed by atoms with Gasteiger partial charge in [0.05, 0.1) is 18.8 Å². The van der Waals surface area contributed by atoms with Crippen LogP contribution in [0.2, 0.25) is 0 Å². The third-order valence-corrected chi connectivity index (χ3v) is 6.53. The summed E-state index contributed by atoms with van der Waals surface area (Å²) in [5.41, 5.74) is -0.0137. The lowest BCUT2D eigenvalue weighted by molar-refractivity contribution is -0.274. The van der Waals surface area contributed by atoms with E-state index >= 15 is 0 Å². The monoisotopic (exact) mass is 459 g/mol. The maximum Gasteiger partial charge on any atom is 0.573 e. The summed E-state index contributed by atoms with van der Waals surface area (Å²) in [4.78, 5) is 15.1. The number of ether oxygens (including phenoxy) is 3. The van der Waals surface area contributed by atoms with Crippen LogP contribution in [0.25, 0.3) is 0 Å². The number of nitrogens with zero attached hydrogens (tertiary/aromatic N) is 1. The summed E-state index contributed by atoms with van der Waals surface area (Å²) in [6, 6.07) is 5.27. The average molecular weight is 459 g/mol. The Morgan fingerprint density at radius 3 is 2.77 bits per heavy atom. The van der Waals surface area contributed by atoms with Crippen LogP contribution >= 0.6 is 11.3 Å². The molecule has 1 aliphatic heterocycles. The molecule has 4 rings (SSSR count). The van der Waals surface area contributed by atoms with Crippen molar-refractivity contribution in [3.8, 4) is 11.5 Å². The Labute approximate surface area is 179 Å². The van der Waals surface area contributed by atoms with E-state index in [1.807, 2.05) is 0 Å². The Morgan fingerprint density at radius 1 is 1.29 bits per heavy atom. The molecule has 1 aromatic carbocycles. The van der Waals surface area contributed by atoms with Crippen LogP contribution < -0.4 is 9.47 Å². The van der Waals surface area contributed by atoms with Gasteiger partial charge in [-0.3, -0.25) is 0 Å². The van der Waals surface area contributed by atoms with Gasteiger partial charge < -0.3 is 24.4 Å². The molecule has 1 saturated heterocycles. The van der Waals surface area contributed by atoms with Crippen molar-refractivity contribution in [3.05, 3.63) is 40.3 Å². The number of benzene rings is 1. The number of rotatable bonds is 6. The molecule has 5 atom stereocenters. The lowest BCUT2D eigenvalue weighted by Crippen LogP contribution is -2.33. The first-order valence-corrected chi connectivity index (χ1v) is 10.6. The second kappa shape index (κ2) is 8.64. The van der Waals surface area contributed by atoms with Crippen molar-refractivity contribution in [2.75, 3.05) is 6.61 Å². The minimum atomic E-state index is -4.79. The van der Waals surface area contributed by atoms with E-state index in [2.05, 4.69) is 9.72 Å². The number of aromatic carboxylic acids is 1. The molecule has 0 radical (unpaired) electrons. The van der Waals surface area contributed by atoms with E-state index in [0.29, 0.717) is 17.8 Å². The van der Waals surface area contributed by atoms with E-state index in [9.17, 15) is 23.1 Å². The third-order valence-electron chi connectivity index (χ3n) is 5.59. The second-order valence-electron chi connectivity index (χ2n) is 7.58. The van der Waals surface area contributed by atoms with Gasteiger partial charge in [-0.15, -0.1) is 24.5 Å². The highest BCUT2D eigenvalue weighted by atomic mass is 32.1. The highest BCUT2D eigenvalue weighted by Gasteiger charge is 2.47. The van der Waals surface area contributed by atoms with Crippen LogP contribution in [0.4, 0.5) is 13.2 Å². The first-order chi connectivity index (χ1) is 14.7. The number of carboxylic acids is 1. The predicted molar refractivity (Wildman–Crippen MR) is 102 cm³/mol. The lowest BCUT2D eigenvalue weighted by Gasteiger charge is -2.33. The smallest absolute Gasteiger partial charge is 0.493 e. The fourth-order valence-corrected chi connectivity index (χ4v) is 5.09. The van der Waals surface area contributed by atoms with Crippen molar-refractivity contribution in [2.45, 2.75) is 43.9 Å². The molecule has 7 nitrogen and oxygen atoms in total. The quantitative estimate of drug-likeness (QED) is 0.673. The minimum Gasteiger partial charge on any atom is -0.493 e. The highest BCUT2D eigenvalue weighted by molar-refractivity contribution is 7.09. The summed E-state index contributed by atoms with van der Waals surface area (Å²) in [5, 5.41) is 21.6. The number of aliphatic hydroxyl groups excluding tert-OH is 1. The summed E-state index contributed by atoms with van der Waals surface area (Å²) < 4.78 is 52.9. The van der Waals surface area contributed by atoms with E-state index in [1.54, 1.807) is 0 Å². The molecule has 168 valence electrons. The molecule has 31 heavy (non-hydrogen) atoms. The van der Waals surface area contributed by atoms with E-state index in [1.165, 1.54) is 34.9 Å². The molecule has 1 aromatic heterocycles. The number of carboxylic acid groups (broad SMARTS) is 1. The van der Waals surface area contributed by atoms with Crippen LogP contribution in [0, 0.1) is 11.8 Å². The Bertz CT molecular complexity index is 936. The Kier molecular flexibility index (Phi) is 6.09. The number of fused-ring (bicyclic) bond motifs is 1. The Balaban J connectivity index is 1.36. The number of hydrogen-bond acceptors (Lipinski definition) is 7. The third kappa shape index (κ3) is 5.10. The zero-order chi connectivity index (χ0) is 22.2. The summed E-state index contributed by atoms with van der Waals surface area (Å²) in [6.07, 6.45) is -4.22. The van der Waals surface area contributed by atoms with E-state index in [-0.39, 0.29) is 47.8 Å². The normalized spacial score (nSPS) is 28.2. The van der Waals surface area contributed by atoms with Crippen LogP contribution in [-0.2, 0) is 4.74 Å². The van der Waals surface area contributed by atoms with Crippen LogP contribution in [0.15, 0.2) is 29.6 Å². The van der Waals surface area contributed by atoms with Gasteiger partial charge in [0.2, 0.25) is 0 Å². The van der Waals surface area contributed by atoms with Gasteiger partial charge in [0, 0.05) is 23.8 Å². The van der Waals surface area contributed by atoms with Gasteiger partial charge in [-0.2, -0.15) is 0 Å². The van der Waals surface area contributed by atoms with Crippen molar-refractivity contribution >= 4 is 17.3 Å². The van der Waals surface area contributed by atoms with Gasteiger partial charge in [-0.25, -0.2) is 9.78 Å². The predicted octanol–water partition coefficient (Wildman–Crippen LogP) is 4.04. The Morgan fingerprint density at radius 2 is 2.06 bits per heavy atom. The van der Waals surface area contributed by atoms with Crippen molar-refractivity contribution in [3.63, 3.8) is 0 Å². The Hall–Kier alpha value is -2.37. The van der Waals surface area contributed by atoms with Crippen molar-refractivity contribution in [2.24, 2.45) is 11.8 Å². The molecular weight excluding hydrogens is 439 g/mol. The molecule has 1 saturated carbocycles. The van der Waals surface area contributed by atoms with Crippen LogP contribution in [0.1, 0.15) is 40.9 Å². The molecule has 0 spiro atoms. The molecule has 2 heterocycles. The number of hydrogen-bond donors (Lipinski definition) is 2.